The van der Waals surface area contributed by atoms with Crippen molar-refractivity contribution >= 4 is 27.5 Å². The highest BCUT2D eigenvalue weighted by Gasteiger charge is 2.26. The number of ether oxygens (including phenoxy) is 1. The second-order valence-electron chi connectivity index (χ2n) is 5.01. The molecular weight excluding hydrogens is 314 g/mol. The van der Waals surface area contributed by atoms with E-state index in [1.807, 2.05) is 12.1 Å². The Balaban J connectivity index is 2.01. The van der Waals surface area contributed by atoms with E-state index in [0.717, 1.165) is 29.1 Å². The van der Waals surface area contributed by atoms with Gasteiger partial charge in [0.15, 0.2) is 0 Å². The van der Waals surface area contributed by atoms with Crippen LogP contribution >= 0.6 is 27.5 Å². The number of benzene rings is 1. The third kappa shape index (κ3) is 3.47. The highest BCUT2D eigenvalue weighted by Crippen LogP contribution is 2.25. The zero-order chi connectivity index (χ0) is 13.1. The van der Waals surface area contributed by atoms with Gasteiger partial charge in [0.1, 0.15) is 0 Å². The highest BCUT2D eigenvalue weighted by atomic mass is 79.9. The summed E-state index contributed by atoms with van der Waals surface area (Å²) >= 11 is 9.69. The van der Waals surface area contributed by atoms with Crippen LogP contribution in [0.3, 0.4) is 0 Å². The lowest BCUT2D eigenvalue weighted by Crippen LogP contribution is -2.43. The van der Waals surface area contributed by atoms with Crippen LogP contribution in [0.2, 0.25) is 5.02 Å². The van der Waals surface area contributed by atoms with Gasteiger partial charge in [0.05, 0.1) is 6.10 Å². The molecule has 0 radical (unpaired) electrons. The van der Waals surface area contributed by atoms with Crippen molar-refractivity contribution in [2.45, 2.75) is 26.0 Å². The Kier molecular flexibility index (Phi) is 5.07. The molecule has 2 unspecified atom stereocenters. The summed E-state index contributed by atoms with van der Waals surface area (Å²) in [5.41, 5.74) is 1.18. The highest BCUT2D eigenvalue weighted by molar-refractivity contribution is 9.10. The topological polar surface area (TPSA) is 12.5 Å². The molecule has 2 atom stereocenters. The summed E-state index contributed by atoms with van der Waals surface area (Å²) < 4.78 is 6.56. The van der Waals surface area contributed by atoms with Crippen LogP contribution in [0, 0.1) is 5.92 Å². The van der Waals surface area contributed by atoms with Crippen molar-refractivity contribution in [3.8, 4) is 0 Å². The number of hydrogen-bond donors (Lipinski definition) is 0. The summed E-state index contributed by atoms with van der Waals surface area (Å²) in [6.45, 7) is 5.27. The summed E-state index contributed by atoms with van der Waals surface area (Å²) in [7, 11) is 1.80. The van der Waals surface area contributed by atoms with Gasteiger partial charge in [-0.15, -0.1) is 0 Å². The quantitative estimate of drug-likeness (QED) is 0.831. The van der Waals surface area contributed by atoms with Gasteiger partial charge >= 0.3 is 0 Å². The Hall–Kier alpha value is -0.0900. The third-order valence-corrected chi connectivity index (χ3v) is 4.53. The molecule has 18 heavy (non-hydrogen) atoms. The molecule has 0 N–H and O–H groups in total. The Morgan fingerprint density at radius 3 is 2.94 bits per heavy atom. The monoisotopic (exact) mass is 331 g/mol. The first-order chi connectivity index (χ1) is 8.60. The normalized spacial score (nSPS) is 25.3. The van der Waals surface area contributed by atoms with Gasteiger partial charge in [0.25, 0.3) is 0 Å². The number of piperidine rings is 1. The summed E-state index contributed by atoms with van der Waals surface area (Å²) in [4.78, 5) is 2.42. The average Bonchev–Trinajstić information content (AvgIpc) is 2.35. The van der Waals surface area contributed by atoms with Crippen molar-refractivity contribution in [3.63, 3.8) is 0 Å². The van der Waals surface area contributed by atoms with Crippen LogP contribution in [0.15, 0.2) is 22.7 Å². The predicted octanol–water partition coefficient (Wildman–Crippen LogP) is 3.96. The maximum absolute atomic E-state index is 6.26. The maximum atomic E-state index is 6.26. The fourth-order valence-electron chi connectivity index (χ4n) is 2.44. The molecule has 2 rings (SSSR count). The lowest BCUT2D eigenvalue weighted by molar-refractivity contribution is -0.00744. The number of nitrogens with zero attached hydrogens (tertiary/aromatic N) is 1. The molecule has 0 aromatic heterocycles. The minimum absolute atomic E-state index is 0.341. The minimum atomic E-state index is 0.341. The van der Waals surface area contributed by atoms with E-state index in [1.54, 1.807) is 7.11 Å². The van der Waals surface area contributed by atoms with Gasteiger partial charge in [-0.2, -0.15) is 0 Å². The van der Waals surface area contributed by atoms with Gasteiger partial charge in [0, 0.05) is 29.7 Å². The van der Waals surface area contributed by atoms with E-state index in [4.69, 9.17) is 16.3 Å². The molecule has 0 spiro atoms. The predicted molar refractivity (Wildman–Crippen MR) is 79.0 cm³/mol. The minimum Gasteiger partial charge on any atom is -0.380 e. The largest absolute Gasteiger partial charge is 0.380 e. The molecular formula is C14H19BrClNO. The molecule has 2 nitrogen and oxygen atoms in total. The summed E-state index contributed by atoms with van der Waals surface area (Å²) in [6, 6.07) is 6.09. The maximum Gasteiger partial charge on any atom is 0.0724 e. The number of rotatable bonds is 3. The number of halogens is 2. The van der Waals surface area contributed by atoms with E-state index >= 15 is 0 Å². The number of likely N-dealkylation sites (tertiary alicyclic amines) is 1. The van der Waals surface area contributed by atoms with E-state index in [1.165, 1.54) is 12.0 Å². The second kappa shape index (κ2) is 6.38. The molecule has 100 valence electrons. The van der Waals surface area contributed by atoms with Gasteiger partial charge in [-0.25, -0.2) is 0 Å². The Labute approximate surface area is 122 Å². The molecule has 0 amide bonds. The van der Waals surface area contributed by atoms with Gasteiger partial charge < -0.3 is 4.74 Å². The van der Waals surface area contributed by atoms with Gasteiger partial charge in [-0.1, -0.05) is 40.5 Å². The zero-order valence-electron chi connectivity index (χ0n) is 10.8. The molecule has 1 fully saturated rings. The van der Waals surface area contributed by atoms with Crippen LogP contribution in [0.25, 0.3) is 0 Å². The van der Waals surface area contributed by atoms with E-state index in [-0.39, 0.29) is 0 Å². The SMILES string of the molecule is COC1CN(Cc2ccc(Br)cc2Cl)CCC1C. The van der Waals surface area contributed by atoms with Gasteiger partial charge in [-0.3, -0.25) is 4.90 Å². The smallest absolute Gasteiger partial charge is 0.0724 e. The zero-order valence-corrected chi connectivity index (χ0v) is 13.2. The molecule has 1 saturated heterocycles. The van der Waals surface area contributed by atoms with E-state index in [2.05, 4.69) is 33.8 Å². The van der Waals surface area contributed by atoms with Crippen molar-refractivity contribution in [1.29, 1.82) is 0 Å². The summed E-state index contributed by atoms with van der Waals surface area (Å²) in [5, 5.41) is 0.831. The molecule has 0 saturated carbocycles. The fraction of sp³-hybridized carbons (Fsp3) is 0.571. The number of hydrogen-bond acceptors (Lipinski definition) is 2. The Morgan fingerprint density at radius 1 is 1.50 bits per heavy atom. The van der Waals surface area contributed by atoms with Crippen LogP contribution in [0.1, 0.15) is 18.9 Å². The van der Waals surface area contributed by atoms with Crippen molar-refractivity contribution in [3.05, 3.63) is 33.3 Å². The molecule has 1 aliphatic rings. The Bertz CT molecular complexity index is 413. The van der Waals surface area contributed by atoms with Crippen LogP contribution in [0.4, 0.5) is 0 Å². The van der Waals surface area contributed by atoms with E-state index < -0.39 is 0 Å². The second-order valence-corrected chi connectivity index (χ2v) is 6.33. The summed E-state index contributed by atoms with van der Waals surface area (Å²) in [6.07, 6.45) is 1.53. The first kappa shape index (κ1) is 14.3. The van der Waals surface area contributed by atoms with Crippen LogP contribution in [0.5, 0.6) is 0 Å². The molecule has 1 aromatic rings. The third-order valence-electron chi connectivity index (χ3n) is 3.69. The van der Waals surface area contributed by atoms with E-state index in [9.17, 15) is 0 Å². The summed E-state index contributed by atoms with van der Waals surface area (Å²) in [5.74, 6) is 0.645. The standard InChI is InChI=1S/C14H19BrClNO/c1-10-5-6-17(9-14(10)18-2)8-11-3-4-12(15)7-13(11)16/h3-4,7,10,14H,5-6,8-9H2,1-2H3. The molecule has 1 aromatic carbocycles. The lowest BCUT2D eigenvalue weighted by atomic mass is 9.95. The average molecular weight is 333 g/mol. The van der Waals surface area contributed by atoms with Crippen molar-refractivity contribution in [1.82, 2.24) is 4.90 Å². The molecule has 1 heterocycles. The fourth-order valence-corrected chi connectivity index (χ4v) is 3.17. The first-order valence-corrected chi connectivity index (χ1v) is 7.46. The lowest BCUT2D eigenvalue weighted by Gasteiger charge is -2.36. The molecule has 1 aliphatic heterocycles. The first-order valence-electron chi connectivity index (χ1n) is 6.29. The van der Waals surface area contributed by atoms with E-state index in [0.29, 0.717) is 12.0 Å². The molecule has 0 bridgehead atoms. The van der Waals surface area contributed by atoms with Crippen molar-refractivity contribution in [2.75, 3.05) is 20.2 Å². The molecule has 4 heteroatoms. The van der Waals surface area contributed by atoms with Crippen LogP contribution in [-0.2, 0) is 11.3 Å². The van der Waals surface area contributed by atoms with Gasteiger partial charge in [0.2, 0.25) is 0 Å². The Morgan fingerprint density at radius 2 is 2.28 bits per heavy atom. The van der Waals surface area contributed by atoms with Crippen LogP contribution in [-0.4, -0.2) is 31.2 Å². The van der Waals surface area contributed by atoms with Crippen LogP contribution < -0.4 is 0 Å². The van der Waals surface area contributed by atoms with Crippen molar-refractivity contribution < 1.29 is 4.74 Å². The van der Waals surface area contributed by atoms with Crippen molar-refractivity contribution in [2.24, 2.45) is 5.92 Å². The number of methoxy groups -OCH3 is 1. The molecule has 0 aliphatic carbocycles. The van der Waals surface area contributed by atoms with Gasteiger partial charge in [-0.05, 0) is 36.6 Å².